The van der Waals surface area contributed by atoms with Crippen LogP contribution in [0.15, 0.2) is 66.2 Å². The van der Waals surface area contributed by atoms with E-state index in [9.17, 15) is 19.8 Å². The number of benzene rings is 2. The molecule has 2 aliphatic rings. The van der Waals surface area contributed by atoms with Gasteiger partial charge in [-0.2, -0.15) is 0 Å². The number of carbonyl (C=O) groups excluding carboxylic acids is 2. The molecule has 4 rings (SSSR count). The minimum atomic E-state index is -1.40. The van der Waals surface area contributed by atoms with E-state index in [0.29, 0.717) is 23.1 Å². The fourth-order valence-electron chi connectivity index (χ4n) is 4.34. The van der Waals surface area contributed by atoms with Gasteiger partial charge in [-0.25, -0.2) is 4.79 Å². The largest absolute Gasteiger partial charge is 0.428 e. The summed E-state index contributed by atoms with van der Waals surface area (Å²) in [6, 6.07) is 17.6. The van der Waals surface area contributed by atoms with Crippen LogP contribution in [0.2, 0.25) is 0 Å². The van der Waals surface area contributed by atoms with Gasteiger partial charge < -0.3 is 34.5 Å². The zero-order valence-corrected chi connectivity index (χ0v) is 19.5. The molecule has 2 aromatic carbocycles. The van der Waals surface area contributed by atoms with Crippen molar-refractivity contribution < 1.29 is 38.7 Å². The summed E-state index contributed by atoms with van der Waals surface area (Å²) in [4.78, 5) is 24.8. The first kappa shape index (κ1) is 25.0. The molecule has 9 nitrogen and oxygen atoms in total. The Balaban J connectivity index is 1.68. The number of esters is 1. The maximum absolute atomic E-state index is 13.0. The second-order valence-electron chi connectivity index (χ2n) is 8.51. The lowest BCUT2D eigenvalue weighted by Gasteiger charge is -2.43. The van der Waals surface area contributed by atoms with Crippen LogP contribution in [0.1, 0.15) is 18.1 Å². The van der Waals surface area contributed by atoms with E-state index in [4.69, 9.17) is 18.9 Å². The van der Waals surface area contributed by atoms with Gasteiger partial charge in [0, 0.05) is 26.0 Å². The van der Waals surface area contributed by atoms with Crippen LogP contribution in [0.4, 0.5) is 0 Å². The Morgan fingerprint density at radius 1 is 1.03 bits per heavy atom. The van der Waals surface area contributed by atoms with Crippen LogP contribution in [0.5, 0.6) is 0 Å². The molecule has 2 unspecified atom stereocenters. The summed E-state index contributed by atoms with van der Waals surface area (Å²) < 4.78 is 22.7. The molecule has 0 radical (unpaired) electrons. The van der Waals surface area contributed by atoms with Gasteiger partial charge in [-0.05, 0) is 11.1 Å². The zero-order valence-electron chi connectivity index (χ0n) is 19.5. The monoisotopic (exact) mass is 483 g/mol. The summed E-state index contributed by atoms with van der Waals surface area (Å²) in [5, 5.41) is 23.7. The van der Waals surface area contributed by atoms with Gasteiger partial charge in [0.2, 0.25) is 12.2 Å². The Morgan fingerprint density at radius 2 is 1.69 bits per heavy atom. The van der Waals surface area contributed by atoms with E-state index >= 15 is 0 Å². The normalized spacial score (nSPS) is 28.6. The zero-order chi connectivity index (χ0) is 24.9. The first-order chi connectivity index (χ1) is 16.9. The third-order valence-electron chi connectivity index (χ3n) is 5.98. The van der Waals surface area contributed by atoms with Gasteiger partial charge in [0.1, 0.15) is 24.4 Å². The van der Waals surface area contributed by atoms with Gasteiger partial charge >= 0.3 is 5.97 Å². The SMILES string of the molecule is COC[C@H]1OC(OC2OC(=O)C(c3ccccc3)=C2Cc2ccccc2)[C@H](NC(C)=O)[C@@H](O)[C@@H]1O. The summed E-state index contributed by atoms with van der Waals surface area (Å²) in [5.41, 5.74) is 2.60. The predicted octanol–water partition coefficient (Wildman–Crippen LogP) is 1.18. The van der Waals surface area contributed by atoms with Crippen LogP contribution < -0.4 is 5.32 Å². The van der Waals surface area contributed by atoms with Crippen molar-refractivity contribution in [2.75, 3.05) is 13.7 Å². The maximum atomic E-state index is 13.0. The molecule has 1 amide bonds. The molecule has 2 aromatic rings. The standard InChI is InChI=1S/C26H29NO8/c1-15(28)27-21-23(30)22(29)19(14-32-2)33-26(21)35-25-18(13-16-9-5-3-6-10-16)20(24(31)34-25)17-11-7-4-8-12-17/h3-12,19,21-23,25-26,29-30H,13-14H2,1-2H3,(H,27,28)/t19-,21-,22-,23-,25?,26?/m1/s1. The van der Waals surface area contributed by atoms with E-state index in [-0.39, 0.29) is 6.61 Å². The molecule has 0 aromatic heterocycles. The molecule has 0 spiro atoms. The Kier molecular flexibility index (Phi) is 7.94. The molecule has 9 heteroatoms. The van der Waals surface area contributed by atoms with Crippen LogP contribution in [0.25, 0.3) is 5.57 Å². The van der Waals surface area contributed by atoms with Crippen molar-refractivity contribution in [2.24, 2.45) is 0 Å². The quantitative estimate of drug-likeness (QED) is 0.479. The number of hydrogen-bond donors (Lipinski definition) is 3. The van der Waals surface area contributed by atoms with Gasteiger partial charge in [0.25, 0.3) is 0 Å². The lowest BCUT2D eigenvalue weighted by atomic mass is 9.95. The number of amides is 1. The highest BCUT2D eigenvalue weighted by Crippen LogP contribution is 2.35. The molecule has 0 saturated carbocycles. The molecule has 2 aliphatic heterocycles. The Labute approximate surface area is 203 Å². The van der Waals surface area contributed by atoms with Crippen molar-refractivity contribution in [1.29, 1.82) is 0 Å². The molecule has 0 aliphatic carbocycles. The Bertz CT molecular complexity index is 1060. The van der Waals surface area contributed by atoms with E-state index in [1.807, 2.05) is 60.7 Å². The Morgan fingerprint density at radius 3 is 2.31 bits per heavy atom. The Hall–Kier alpha value is -3.08. The number of ether oxygens (including phenoxy) is 4. The number of nitrogens with one attached hydrogen (secondary N) is 1. The fourth-order valence-corrected chi connectivity index (χ4v) is 4.34. The van der Waals surface area contributed by atoms with Crippen molar-refractivity contribution in [3.8, 4) is 0 Å². The van der Waals surface area contributed by atoms with Crippen LogP contribution >= 0.6 is 0 Å². The van der Waals surface area contributed by atoms with Gasteiger partial charge in [0.05, 0.1) is 12.2 Å². The van der Waals surface area contributed by atoms with Gasteiger partial charge in [-0.3, -0.25) is 4.79 Å². The summed E-state index contributed by atoms with van der Waals surface area (Å²) >= 11 is 0. The minimum Gasteiger partial charge on any atom is -0.428 e. The van der Waals surface area contributed by atoms with Crippen LogP contribution in [0.3, 0.4) is 0 Å². The molecule has 0 bridgehead atoms. The van der Waals surface area contributed by atoms with Crippen LogP contribution in [-0.4, -0.2) is 72.7 Å². The average Bonchev–Trinajstić information content (AvgIpc) is 3.15. The van der Waals surface area contributed by atoms with Crippen molar-refractivity contribution in [2.45, 2.75) is 50.3 Å². The number of methoxy groups -OCH3 is 1. The molecular formula is C26H29NO8. The lowest BCUT2D eigenvalue weighted by Crippen LogP contribution is -2.65. The summed E-state index contributed by atoms with van der Waals surface area (Å²) in [5.74, 6) is -0.995. The topological polar surface area (TPSA) is 124 Å². The first-order valence-electron chi connectivity index (χ1n) is 11.4. The fraction of sp³-hybridized carbons (Fsp3) is 0.385. The highest BCUT2D eigenvalue weighted by Gasteiger charge is 2.48. The second kappa shape index (κ2) is 11.1. The third kappa shape index (κ3) is 5.61. The summed E-state index contributed by atoms with van der Waals surface area (Å²) in [6.45, 7) is 1.26. The number of aliphatic hydroxyl groups excluding tert-OH is 2. The highest BCUT2D eigenvalue weighted by molar-refractivity contribution is 6.19. The molecule has 1 saturated heterocycles. The van der Waals surface area contributed by atoms with Gasteiger partial charge in [0.15, 0.2) is 6.29 Å². The summed E-state index contributed by atoms with van der Waals surface area (Å²) in [6.07, 6.45) is -5.63. The van der Waals surface area contributed by atoms with Crippen molar-refractivity contribution in [3.05, 3.63) is 77.4 Å². The van der Waals surface area contributed by atoms with E-state index in [1.165, 1.54) is 14.0 Å². The van der Waals surface area contributed by atoms with Gasteiger partial charge in [-0.15, -0.1) is 0 Å². The minimum absolute atomic E-state index is 0.0166. The number of hydrogen-bond acceptors (Lipinski definition) is 8. The molecule has 35 heavy (non-hydrogen) atoms. The molecule has 2 heterocycles. The van der Waals surface area contributed by atoms with E-state index < -0.39 is 48.8 Å². The first-order valence-corrected chi connectivity index (χ1v) is 11.4. The van der Waals surface area contributed by atoms with Gasteiger partial charge in [-0.1, -0.05) is 60.7 Å². The average molecular weight is 484 g/mol. The lowest BCUT2D eigenvalue weighted by molar-refractivity contribution is -0.300. The maximum Gasteiger partial charge on any atom is 0.341 e. The predicted molar refractivity (Wildman–Crippen MR) is 125 cm³/mol. The third-order valence-corrected chi connectivity index (χ3v) is 5.98. The van der Waals surface area contributed by atoms with Crippen molar-refractivity contribution in [3.63, 3.8) is 0 Å². The number of aliphatic hydroxyl groups is 2. The number of carbonyl (C=O) groups is 2. The van der Waals surface area contributed by atoms with Crippen LogP contribution in [-0.2, 0) is 35.0 Å². The van der Waals surface area contributed by atoms with E-state index in [0.717, 1.165) is 5.56 Å². The van der Waals surface area contributed by atoms with Crippen molar-refractivity contribution >= 4 is 17.4 Å². The molecule has 3 N–H and O–H groups in total. The molecular weight excluding hydrogens is 454 g/mol. The second-order valence-corrected chi connectivity index (χ2v) is 8.51. The van der Waals surface area contributed by atoms with E-state index in [1.54, 1.807) is 0 Å². The van der Waals surface area contributed by atoms with Crippen molar-refractivity contribution in [1.82, 2.24) is 5.32 Å². The van der Waals surface area contributed by atoms with Crippen LogP contribution in [0, 0.1) is 0 Å². The molecule has 186 valence electrons. The number of rotatable bonds is 8. The molecule has 6 atom stereocenters. The van der Waals surface area contributed by atoms with E-state index in [2.05, 4.69) is 5.32 Å². The molecule has 1 fully saturated rings. The highest BCUT2D eigenvalue weighted by atomic mass is 16.8. The summed E-state index contributed by atoms with van der Waals surface area (Å²) in [7, 11) is 1.43. The smallest absolute Gasteiger partial charge is 0.341 e. The number of cyclic esters (lactones) is 1.